The average molecular weight is 326 g/mol. The Morgan fingerprint density at radius 1 is 1.24 bits per heavy atom. The Kier molecular flexibility index (Phi) is 4.30. The third kappa shape index (κ3) is 3.24. The summed E-state index contributed by atoms with van der Waals surface area (Å²) in [5.74, 6) is -0.611. The Morgan fingerprint density at radius 3 is 2.62 bits per heavy atom. The molecule has 0 radical (unpaired) electrons. The minimum atomic E-state index is -0.611. The number of hydrogen-bond donors (Lipinski definition) is 2. The van der Waals surface area contributed by atoms with E-state index in [4.69, 9.17) is 28.9 Å². The number of halogens is 2. The number of carbonyl (C=O) groups is 1. The lowest BCUT2D eigenvalue weighted by Gasteiger charge is -2.09. The van der Waals surface area contributed by atoms with E-state index in [9.17, 15) is 14.9 Å². The second-order valence-corrected chi connectivity index (χ2v) is 4.87. The summed E-state index contributed by atoms with van der Waals surface area (Å²) in [7, 11) is 0. The first kappa shape index (κ1) is 15.1. The molecule has 0 saturated heterocycles. The van der Waals surface area contributed by atoms with Gasteiger partial charge in [0.1, 0.15) is 0 Å². The van der Waals surface area contributed by atoms with E-state index in [2.05, 4.69) is 5.32 Å². The van der Waals surface area contributed by atoms with Crippen molar-refractivity contribution in [1.29, 1.82) is 0 Å². The van der Waals surface area contributed by atoms with Crippen molar-refractivity contribution in [1.82, 2.24) is 0 Å². The predicted molar refractivity (Wildman–Crippen MR) is 81.9 cm³/mol. The van der Waals surface area contributed by atoms with Crippen molar-refractivity contribution in [2.45, 2.75) is 0 Å². The molecular formula is C13H9Cl2N3O3. The molecule has 21 heavy (non-hydrogen) atoms. The molecule has 0 saturated carbocycles. The number of nitrogen functional groups attached to an aromatic ring is 1. The molecule has 8 heteroatoms. The van der Waals surface area contributed by atoms with Crippen LogP contribution in [0.25, 0.3) is 0 Å². The Hall–Kier alpha value is -2.31. The zero-order valence-electron chi connectivity index (χ0n) is 10.5. The van der Waals surface area contributed by atoms with E-state index in [1.165, 1.54) is 12.1 Å². The lowest BCUT2D eigenvalue weighted by molar-refractivity contribution is -0.384. The van der Waals surface area contributed by atoms with Crippen molar-refractivity contribution >= 4 is 46.2 Å². The van der Waals surface area contributed by atoms with Gasteiger partial charge in [-0.25, -0.2) is 0 Å². The van der Waals surface area contributed by atoms with Gasteiger partial charge in [0.15, 0.2) is 0 Å². The molecule has 0 aliphatic carbocycles. The van der Waals surface area contributed by atoms with Crippen LogP contribution in [0.3, 0.4) is 0 Å². The Balaban J connectivity index is 2.34. The van der Waals surface area contributed by atoms with Gasteiger partial charge >= 0.3 is 0 Å². The molecule has 0 heterocycles. The van der Waals surface area contributed by atoms with Crippen LogP contribution >= 0.6 is 23.2 Å². The number of carbonyl (C=O) groups excluding carboxylic acids is 1. The van der Waals surface area contributed by atoms with Gasteiger partial charge in [0.25, 0.3) is 11.6 Å². The van der Waals surface area contributed by atoms with E-state index >= 15 is 0 Å². The zero-order chi connectivity index (χ0) is 15.6. The molecule has 0 bridgehead atoms. The average Bonchev–Trinajstić information content (AvgIpc) is 2.44. The number of amides is 1. The molecule has 0 aliphatic heterocycles. The maximum atomic E-state index is 12.2. The summed E-state index contributed by atoms with van der Waals surface area (Å²) >= 11 is 11.8. The maximum absolute atomic E-state index is 12.2. The van der Waals surface area contributed by atoms with Crippen molar-refractivity contribution in [2.75, 3.05) is 11.1 Å². The molecule has 1 amide bonds. The predicted octanol–water partition coefficient (Wildman–Crippen LogP) is 3.74. The first-order valence-electron chi connectivity index (χ1n) is 5.69. The molecule has 0 atom stereocenters. The van der Waals surface area contributed by atoms with Gasteiger partial charge in [-0.2, -0.15) is 0 Å². The molecule has 2 aromatic rings. The van der Waals surface area contributed by atoms with Crippen LogP contribution in [-0.4, -0.2) is 10.8 Å². The standard InChI is InChI=1S/C13H9Cl2N3O3/c14-9-2-1-3-11(12(9)15)17-13(19)8-6-7(18(20)21)4-5-10(8)16/h1-6H,16H2,(H,17,19). The van der Waals surface area contributed by atoms with Crippen LogP contribution in [0.4, 0.5) is 17.1 Å². The molecule has 0 aliphatic rings. The lowest BCUT2D eigenvalue weighted by atomic mass is 10.1. The summed E-state index contributed by atoms with van der Waals surface area (Å²) in [5, 5.41) is 13.7. The highest BCUT2D eigenvalue weighted by atomic mass is 35.5. The van der Waals surface area contributed by atoms with Gasteiger partial charge in [-0.05, 0) is 18.2 Å². The highest BCUT2D eigenvalue weighted by Gasteiger charge is 2.16. The van der Waals surface area contributed by atoms with Gasteiger partial charge in [0.2, 0.25) is 0 Å². The van der Waals surface area contributed by atoms with Crippen LogP contribution in [0.15, 0.2) is 36.4 Å². The number of nitrogens with two attached hydrogens (primary N) is 1. The molecular weight excluding hydrogens is 317 g/mol. The summed E-state index contributed by atoms with van der Waals surface area (Å²) in [4.78, 5) is 22.3. The molecule has 3 N–H and O–H groups in total. The largest absolute Gasteiger partial charge is 0.398 e. The highest BCUT2D eigenvalue weighted by molar-refractivity contribution is 6.44. The van der Waals surface area contributed by atoms with Crippen LogP contribution in [-0.2, 0) is 0 Å². The van der Waals surface area contributed by atoms with E-state index in [1.807, 2.05) is 0 Å². The lowest BCUT2D eigenvalue weighted by Crippen LogP contribution is -2.14. The summed E-state index contributed by atoms with van der Waals surface area (Å²) < 4.78 is 0. The minimum Gasteiger partial charge on any atom is -0.398 e. The van der Waals surface area contributed by atoms with Crippen molar-refractivity contribution in [3.05, 3.63) is 62.1 Å². The second-order valence-electron chi connectivity index (χ2n) is 4.08. The van der Waals surface area contributed by atoms with Crippen LogP contribution in [0.2, 0.25) is 10.0 Å². The number of anilines is 2. The fourth-order valence-electron chi connectivity index (χ4n) is 1.64. The SMILES string of the molecule is Nc1ccc([N+](=O)[O-])cc1C(=O)Nc1cccc(Cl)c1Cl. The van der Waals surface area contributed by atoms with Gasteiger partial charge in [-0.15, -0.1) is 0 Å². The summed E-state index contributed by atoms with van der Waals surface area (Å²) in [6, 6.07) is 8.36. The van der Waals surface area contributed by atoms with Crippen molar-refractivity contribution in [3.8, 4) is 0 Å². The number of hydrogen-bond acceptors (Lipinski definition) is 4. The third-order valence-electron chi connectivity index (χ3n) is 2.69. The molecule has 6 nitrogen and oxygen atoms in total. The Bertz CT molecular complexity index is 735. The summed E-state index contributed by atoms with van der Waals surface area (Å²) in [5.41, 5.74) is 5.84. The smallest absolute Gasteiger partial charge is 0.270 e. The fourth-order valence-corrected chi connectivity index (χ4v) is 1.99. The van der Waals surface area contributed by atoms with Gasteiger partial charge < -0.3 is 11.1 Å². The van der Waals surface area contributed by atoms with E-state index < -0.39 is 10.8 Å². The normalized spacial score (nSPS) is 10.2. The number of nitrogens with one attached hydrogen (secondary N) is 1. The van der Waals surface area contributed by atoms with Crippen molar-refractivity contribution < 1.29 is 9.72 Å². The van der Waals surface area contributed by atoms with Crippen molar-refractivity contribution in [2.24, 2.45) is 0 Å². The third-order valence-corrected chi connectivity index (χ3v) is 3.51. The van der Waals surface area contributed by atoms with Crippen LogP contribution in [0, 0.1) is 10.1 Å². The van der Waals surface area contributed by atoms with E-state index in [-0.39, 0.29) is 27.0 Å². The fraction of sp³-hybridized carbons (Fsp3) is 0. The van der Waals surface area contributed by atoms with Crippen LogP contribution < -0.4 is 11.1 Å². The summed E-state index contributed by atoms with van der Waals surface area (Å²) in [6.07, 6.45) is 0. The van der Waals surface area contributed by atoms with Crippen molar-refractivity contribution in [3.63, 3.8) is 0 Å². The maximum Gasteiger partial charge on any atom is 0.270 e. The monoisotopic (exact) mass is 325 g/mol. The van der Waals surface area contributed by atoms with Gasteiger partial charge in [-0.1, -0.05) is 29.3 Å². The van der Waals surface area contributed by atoms with Gasteiger partial charge in [-0.3, -0.25) is 14.9 Å². The Morgan fingerprint density at radius 2 is 1.95 bits per heavy atom. The molecule has 0 fully saturated rings. The van der Waals surface area contributed by atoms with E-state index in [0.29, 0.717) is 5.69 Å². The van der Waals surface area contributed by atoms with E-state index in [1.54, 1.807) is 18.2 Å². The Labute approximate surface area is 129 Å². The molecule has 0 spiro atoms. The van der Waals surface area contributed by atoms with Crippen LogP contribution in [0.5, 0.6) is 0 Å². The molecule has 0 unspecified atom stereocenters. The second kappa shape index (κ2) is 5.99. The first-order valence-corrected chi connectivity index (χ1v) is 6.45. The van der Waals surface area contributed by atoms with Gasteiger partial charge in [0, 0.05) is 17.8 Å². The minimum absolute atomic E-state index is 0.0137. The van der Waals surface area contributed by atoms with E-state index in [0.717, 1.165) is 6.07 Å². The number of nitro groups is 1. The summed E-state index contributed by atoms with van der Waals surface area (Å²) in [6.45, 7) is 0. The molecule has 2 aromatic carbocycles. The number of rotatable bonds is 3. The molecule has 2 rings (SSSR count). The first-order chi connectivity index (χ1) is 9.90. The van der Waals surface area contributed by atoms with Gasteiger partial charge in [0.05, 0.1) is 26.2 Å². The quantitative estimate of drug-likeness (QED) is 0.510. The zero-order valence-corrected chi connectivity index (χ0v) is 12.0. The number of non-ortho nitro benzene ring substituents is 1. The molecule has 108 valence electrons. The number of benzene rings is 2. The molecule has 0 aromatic heterocycles. The topological polar surface area (TPSA) is 98.3 Å². The number of nitrogens with zero attached hydrogens (tertiary/aromatic N) is 1. The number of nitro benzene ring substituents is 1. The van der Waals surface area contributed by atoms with Crippen LogP contribution in [0.1, 0.15) is 10.4 Å². The highest BCUT2D eigenvalue weighted by Crippen LogP contribution is 2.30.